The number of ether oxygens (including phenoxy) is 1. The summed E-state index contributed by atoms with van der Waals surface area (Å²) < 4.78 is 31.8. The first-order valence-corrected chi connectivity index (χ1v) is 7.52. The van der Waals surface area contributed by atoms with Crippen LogP contribution in [0.5, 0.6) is 5.88 Å². The van der Waals surface area contributed by atoms with Gasteiger partial charge in [-0.05, 0) is 24.3 Å². The van der Waals surface area contributed by atoms with Gasteiger partial charge in [0.25, 0.3) is 10.0 Å². The molecule has 0 unspecified atom stereocenters. The van der Waals surface area contributed by atoms with Crippen LogP contribution in [0, 0.1) is 0 Å². The quantitative estimate of drug-likeness (QED) is 0.869. The van der Waals surface area contributed by atoms with E-state index in [1.54, 1.807) is 6.07 Å². The Morgan fingerprint density at radius 1 is 1.25 bits per heavy atom. The highest BCUT2D eigenvalue weighted by Crippen LogP contribution is 2.27. The third-order valence-corrected chi connectivity index (χ3v) is 4.29. The zero-order chi connectivity index (χ0) is 14.8. The van der Waals surface area contributed by atoms with Crippen LogP contribution < -0.4 is 9.46 Å². The summed E-state index contributed by atoms with van der Waals surface area (Å²) in [6.45, 7) is 0. The number of aromatic nitrogens is 2. The van der Waals surface area contributed by atoms with E-state index in [-0.39, 0.29) is 26.8 Å². The molecule has 0 aliphatic carbocycles. The van der Waals surface area contributed by atoms with Crippen molar-refractivity contribution in [3.05, 3.63) is 40.8 Å². The molecular weight excluding hydrogens is 325 g/mol. The molecule has 0 aliphatic rings. The minimum absolute atomic E-state index is 0.105. The van der Waals surface area contributed by atoms with E-state index in [0.29, 0.717) is 0 Å². The second-order valence-electron chi connectivity index (χ2n) is 3.59. The predicted molar refractivity (Wildman–Crippen MR) is 75.9 cm³/mol. The number of methoxy groups -OCH3 is 1. The summed E-state index contributed by atoms with van der Waals surface area (Å²) in [4.78, 5) is 7.40. The molecule has 0 saturated carbocycles. The van der Waals surface area contributed by atoms with Gasteiger partial charge < -0.3 is 4.74 Å². The normalized spacial score (nSPS) is 11.2. The van der Waals surface area contributed by atoms with Gasteiger partial charge in [0, 0.05) is 6.20 Å². The molecule has 0 amide bonds. The SMILES string of the molecule is COc1ncccc1NS(=O)(=O)c1ccc(Cl)nc1Cl. The fourth-order valence-corrected chi connectivity index (χ4v) is 3.15. The molecule has 0 atom stereocenters. The van der Waals surface area contributed by atoms with E-state index < -0.39 is 10.0 Å². The summed E-state index contributed by atoms with van der Waals surface area (Å²) in [7, 11) is -2.53. The van der Waals surface area contributed by atoms with Gasteiger partial charge in [-0.25, -0.2) is 18.4 Å². The Morgan fingerprint density at radius 3 is 2.65 bits per heavy atom. The van der Waals surface area contributed by atoms with Crippen molar-refractivity contribution in [2.45, 2.75) is 4.90 Å². The zero-order valence-corrected chi connectivity index (χ0v) is 12.5. The molecule has 2 heterocycles. The maximum absolute atomic E-state index is 12.2. The Labute approximate surface area is 125 Å². The summed E-state index contributed by atoms with van der Waals surface area (Å²) >= 11 is 11.4. The molecule has 0 aromatic carbocycles. The third-order valence-electron chi connectivity index (χ3n) is 2.28. The molecular formula is C11H9Cl2N3O3S. The van der Waals surface area contributed by atoms with E-state index in [9.17, 15) is 8.42 Å². The van der Waals surface area contributed by atoms with Crippen LogP contribution in [0.3, 0.4) is 0 Å². The Balaban J connectivity index is 2.41. The molecule has 106 valence electrons. The van der Waals surface area contributed by atoms with Gasteiger partial charge >= 0.3 is 0 Å². The van der Waals surface area contributed by atoms with Gasteiger partial charge in [0.05, 0.1) is 7.11 Å². The summed E-state index contributed by atoms with van der Waals surface area (Å²) in [6.07, 6.45) is 1.48. The molecule has 9 heteroatoms. The Hall–Kier alpha value is -1.57. The van der Waals surface area contributed by atoms with Gasteiger partial charge in [-0.3, -0.25) is 4.72 Å². The first-order chi connectivity index (χ1) is 9.44. The van der Waals surface area contributed by atoms with E-state index in [4.69, 9.17) is 27.9 Å². The molecule has 0 fully saturated rings. The number of anilines is 1. The predicted octanol–water partition coefficient (Wildman–Crippen LogP) is 2.59. The van der Waals surface area contributed by atoms with Crippen LogP contribution in [0.4, 0.5) is 5.69 Å². The molecule has 2 rings (SSSR count). The van der Waals surface area contributed by atoms with Crippen molar-refractivity contribution >= 4 is 38.9 Å². The Morgan fingerprint density at radius 2 is 2.00 bits per heavy atom. The van der Waals surface area contributed by atoms with Crippen molar-refractivity contribution in [1.29, 1.82) is 0 Å². The summed E-state index contributed by atoms with van der Waals surface area (Å²) in [5.74, 6) is 0.147. The number of nitrogens with zero attached hydrogens (tertiary/aromatic N) is 2. The molecule has 0 saturated heterocycles. The molecule has 2 aromatic heterocycles. The van der Waals surface area contributed by atoms with Crippen molar-refractivity contribution in [2.24, 2.45) is 0 Å². The number of hydrogen-bond acceptors (Lipinski definition) is 5. The lowest BCUT2D eigenvalue weighted by atomic mass is 10.4. The summed E-state index contributed by atoms with van der Waals surface area (Å²) in [5, 5.41) is -0.110. The van der Waals surface area contributed by atoms with Crippen LogP contribution in [-0.2, 0) is 10.0 Å². The monoisotopic (exact) mass is 333 g/mol. The smallest absolute Gasteiger partial charge is 0.265 e. The Kier molecular flexibility index (Phi) is 4.32. The first-order valence-electron chi connectivity index (χ1n) is 5.28. The van der Waals surface area contributed by atoms with Crippen molar-refractivity contribution in [1.82, 2.24) is 9.97 Å². The molecule has 0 aliphatic heterocycles. The second-order valence-corrected chi connectivity index (χ2v) is 5.98. The average molecular weight is 334 g/mol. The number of halogens is 2. The van der Waals surface area contributed by atoms with Crippen molar-refractivity contribution in [3.8, 4) is 5.88 Å². The fourth-order valence-electron chi connectivity index (χ4n) is 1.43. The van der Waals surface area contributed by atoms with E-state index in [2.05, 4.69) is 14.7 Å². The van der Waals surface area contributed by atoms with Crippen LogP contribution in [0.2, 0.25) is 10.3 Å². The maximum atomic E-state index is 12.2. The van der Waals surface area contributed by atoms with Gasteiger partial charge in [0.2, 0.25) is 5.88 Å². The topological polar surface area (TPSA) is 81.2 Å². The molecule has 0 bridgehead atoms. The summed E-state index contributed by atoms with van der Waals surface area (Å²) in [5.41, 5.74) is 0.195. The lowest BCUT2D eigenvalue weighted by Gasteiger charge is -2.11. The highest BCUT2D eigenvalue weighted by molar-refractivity contribution is 7.92. The third kappa shape index (κ3) is 3.12. The van der Waals surface area contributed by atoms with Crippen LogP contribution in [0.25, 0.3) is 0 Å². The number of pyridine rings is 2. The molecule has 2 aromatic rings. The van der Waals surface area contributed by atoms with Crippen LogP contribution in [0.15, 0.2) is 35.4 Å². The van der Waals surface area contributed by atoms with Crippen molar-refractivity contribution in [3.63, 3.8) is 0 Å². The van der Waals surface area contributed by atoms with E-state index >= 15 is 0 Å². The van der Waals surface area contributed by atoms with Crippen LogP contribution >= 0.6 is 23.2 Å². The summed E-state index contributed by atoms with van der Waals surface area (Å²) in [6, 6.07) is 5.69. The van der Waals surface area contributed by atoms with Gasteiger partial charge in [-0.15, -0.1) is 0 Å². The van der Waals surface area contributed by atoms with Crippen LogP contribution in [0.1, 0.15) is 0 Å². The zero-order valence-electron chi connectivity index (χ0n) is 10.2. The minimum atomic E-state index is -3.92. The number of hydrogen-bond donors (Lipinski definition) is 1. The molecule has 6 nitrogen and oxygen atoms in total. The molecule has 0 radical (unpaired) electrons. The molecule has 0 spiro atoms. The standard InChI is InChI=1S/C11H9Cl2N3O3S/c1-19-11-7(3-2-6-14-11)16-20(17,18)8-4-5-9(12)15-10(8)13/h2-6,16H,1H3. The lowest BCUT2D eigenvalue weighted by Crippen LogP contribution is -2.14. The van der Waals surface area contributed by atoms with Gasteiger partial charge in [-0.1, -0.05) is 23.2 Å². The molecule has 1 N–H and O–H groups in total. The Bertz CT molecular complexity index is 737. The molecule has 20 heavy (non-hydrogen) atoms. The van der Waals surface area contributed by atoms with E-state index in [0.717, 1.165) is 0 Å². The first kappa shape index (κ1) is 14.8. The second kappa shape index (κ2) is 5.82. The van der Waals surface area contributed by atoms with Gasteiger partial charge in [-0.2, -0.15) is 0 Å². The minimum Gasteiger partial charge on any atom is -0.480 e. The van der Waals surface area contributed by atoms with E-state index in [1.165, 1.54) is 31.5 Å². The average Bonchev–Trinajstić information content (AvgIpc) is 2.38. The lowest BCUT2D eigenvalue weighted by molar-refractivity contribution is 0.400. The van der Waals surface area contributed by atoms with Crippen molar-refractivity contribution < 1.29 is 13.2 Å². The number of sulfonamides is 1. The largest absolute Gasteiger partial charge is 0.480 e. The van der Waals surface area contributed by atoms with E-state index in [1.807, 2.05) is 0 Å². The van der Waals surface area contributed by atoms with Gasteiger partial charge in [0.15, 0.2) is 5.15 Å². The highest BCUT2D eigenvalue weighted by Gasteiger charge is 2.21. The maximum Gasteiger partial charge on any atom is 0.265 e. The van der Waals surface area contributed by atoms with Crippen LogP contribution in [-0.4, -0.2) is 25.5 Å². The van der Waals surface area contributed by atoms with Gasteiger partial charge in [0.1, 0.15) is 15.7 Å². The number of rotatable bonds is 4. The highest BCUT2D eigenvalue weighted by atomic mass is 35.5. The van der Waals surface area contributed by atoms with Crippen molar-refractivity contribution in [2.75, 3.05) is 11.8 Å². The number of nitrogens with one attached hydrogen (secondary N) is 1. The fraction of sp³-hybridized carbons (Fsp3) is 0.0909.